The molecule has 0 saturated carbocycles. The van der Waals surface area contributed by atoms with Crippen LogP contribution in [0, 0.1) is 0 Å². The summed E-state index contributed by atoms with van der Waals surface area (Å²) in [5, 5.41) is 12.6. The van der Waals surface area contributed by atoms with Crippen LogP contribution in [0.15, 0.2) is 204 Å². The summed E-state index contributed by atoms with van der Waals surface area (Å²) >= 11 is 9.11. The summed E-state index contributed by atoms with van der Waals surface area (Å²) < 4.78 is 6.21. The van der Waals surface area contributed by atoms with Gasteiger partial charge in [-0.15, -0.1) is 34.7 Å². The van der Waals surface area contributed by atoms with Gasteiger partial charge in [-0.25, -0.2) is 9.78 Å². The van der Waals surface area contributed by atoms with E-state index in [2.05, 4.69) is 52.2 Å². The number of rotatable bonds is 15. The number of para-hydroxylation sites is 1. The highest BCUT2D eigenvalue weighted by atomic mass is 35.5. The molecule has 0 unspecified atom stereocenters. The topological polar surface area (TPSA) is 122 Å². The molecule has 2 atom stereocenters. The molecule has 2 N–H and O–H groups in total. The molecular weight excluding hydrogens is 862 g/mol. The van der Waals surface area contributed by atoms with Crippen LogP contribution in [0.1, 0.15) is 39.6 Å². The van der Waals surface area contributed by atoms with Crippen molar-refractivity contribution in [1.29, 1.82) is 0 Å². The van der Waals surface area contributed by atoms with Crippen molar-refractivity contribution >= 4 is 63.3 Å². The van der Waals surface area contributed by atoms with Crippen molar-refractivity contribution in [3.8, 4) is 5.75 Å². The summed E-state index contributed by atoms with van der Waals surface area (Å²) in [6.45, 7) is 0. The van der Waals surface area contributed by atoms with Crippen molar-refractivity contribution in [2.24, 2.45) is 5.16 Å². The van der Waals surface area contributed by atoms with Crippen LogP contribution >= 0.6 is 34.7 Å². The highest BCUT2D eigenvalue weighted by Crippen LogP contribution is 2.43. The van der Waals surface area contributed by atoms with E-state index < -0.39 is 40.8 Å². The van der Waals surface area contributed by atoms with Gasteiger partial charge < -0.3 is 20.2 Å². The number of carbonyl (C=O) groups excluding carboxylic acids is 3. The number of thioether (sulfide) groups is 1. The molecule has 64 heavy (non-hydrogen) atoms. The Labute approximate surface area is 383 Å². The fourth-order valence-electron chi connectivity index (χ4n) is 7.90. The van der Waals surface area contributed by atoms with Crippen LogP contribution in [0.2, 0.25) is 0 Å². The van der Waals surface area contributed by atoms with Gasteiger partial charge in [0, 0.05) is 17.0 Å². The maximum Gasteiger partial charge on any atom is 0.356 e. The Bertz CT molecular complexity index is 2660. The second kappa shape index (κ2) is 19.2. The fourth-order valence-corrected chi connectivity index (χ4v) is 10.3. The third kappa shape index (κ3) is 8.55. The van der Waals surface area contributed by atoms with E-state index in [1.807, 2.05) is 121 Å². The second-order valence-electron chi connectivity index (χ2n) is 14.9. The zero-order valence-electron chi connectivity index (χ0n) is 34.1. The van der Waals surface area contributed by atoms with Gasteiger partial charge in [0.2, 0.25) is 0 Å². The highest BCUT2D eigenvalue weighted by molar-refractivity contribution is 8.00. The van der Waals surface area contributed by atoms with Gasteiger partial charge >= 0.3 is 5.97 Å². The molecule has 0 aliphatic carbocycles. The number of hydrogen-bond acceptors (Lipinski definition) is 10. The molecule has 7 aromatic rings. The number of hydrogen-bond donors (Lipinski definition) is 2. The molecule has 2 aliphatic heterocycles. The lowest BCUT2D eigenvalue weighted by Crippen LogP contribution is -2.71. The first-order chi connectivity index (χ1) is 31.4. The van der Waals surface area contributed by atoms with E-state index in [1.54, 1.807) is 29.6 Å². The zero-order valence-corrected chi connectivity index (χ0v) is 36.5. The molecule has 2 aliphatic rings. The quantitative estimate of drug-likeness (QED) is 0.0261. The standard InChI is InChI=1S/C51H40ClN5O5S2/c52-31-36-32-63-48-43(47(59)57(48)44(36)49(60)61-45(34-19-7-1-8-20-34)35-21-9-2-10-22-35)54-46(58)42(56-62-40-29-17-6-18-30-40)41-33-64-50(53-41)55-51(37-23-11-3-12-24-37,38-25-13-4-14-26-38)39-27-15-5-16-28-39/h1-30,33,43,45,48H,31-32H2,(H,53,55)(H,54,58)/b56-42-/t43-,48-/m1/s1. The van der Waals surface area contributed by atoms with Crippen LogP contribution in [0.3, 0.4) is 0 Å². The molecular formula is C51H40ClN5O5S2. The van der Waals surface area contributed by atoms with Gasteiger partial charge in [-0.2, -0.15) is 0 Å². The van der Waals surface area contributed by atoms with Gasteiger partial charge in [-0.3, -0.25) is 14.5 Å². The largest absolute Gasteiger partial charge is 0.448 e. The number of esters is 1. The minimum Gasteiger partial charge on any atom is -0.448 e. The third-order valence-electron chi connectivity index (χ3n) is 11.0. The van der Waals surface area contributed by atoms with E-state index >= 15 is 0 Å². The molecule has 2 amide bonds. The van der Waals surface area contributed by atoms with E-state index in [1.165, 1.54) is 28.0 Å². The number of nitrogens with one attached hydrogen (secondary N) is 2. The number of aromatic nitrogens is 1. The molecule has 6 aromatic carbocycles. The number of amides is 2. The molecule has 1 saturated heterocycles. The van der Waals surface area contributed by atoms with Gasteiger partial charge in [0.05, 0.1) is 0 Å². The van der Waals surface area contributed by atoms with E-state index in [-0.39, 0.29) is 23.0 Å². The number of alkyl halides is 1. The van der Waals surface area contributed by atoms with E-state index in [0.717, 1.165) is 27.8 Å². The number of anilines is 1. The minimum atomic E-state index is -1.00. The van der Waals surface area contributed by atoms with Gasteiger partial charge in [0.15, 0.2) is 22.7 Å². The van der Waals surface area contributed by atoms with Gasteiger partial charge in [0.25, 0.3) is 11.8 Å². The molecule has 3 heterocycles. The monoisotopic (exact) mass is 901 g/mol. The maximum atomic E-state index is 14.5. The Morgan fingerprint density at radius 2 is 1.25 bits per heavy atom. The summed E-state index contributed by atoms with van der Waals surface area (Å²) in [4.78, 5) is 54.9. The van der Waals surface area contributed by atoms with Crippen LogP contribution in [0.4, 0.5) is 5.13 Å². The summed E-state index contributed by atoms with van der Waals surface area (Å²) in [5.74, 6) is -1.09. The summed E-state index contributed by atoms with van der Waals surface area (Å²) in [6, 6.07) is 57.0. The Morgan fingerprint density at radius 1 is 0.750 bits per heavy atom. The molecule has 318 valence electrons. The smallest absolute Gasteiger partial charge is 0.356 e. The fraction of sp³-hybridized carbons (Fsp3) is 0.118. The first-order valence-corrected chi connectivity index (χ1v) is 23.0. The molecule has 0 spiro atoms. The van der Waals surface area contributed by atoms with Crippen LogP contribution in [0.5, 0.6) is 5.75 Å². The van der Waals surface area contributed by atoms with Crippen LogP contribution < -0.4 is 15.5 Å². The Balaban J connectivity index is 1.00. The molecule has 13 heteroatoms. The van der Waals surface area contributed by atoms with Crippen molar-refractivity contribution in [2.75, 3.05) is 16.9 Å². The van der Waals surface area contributed by atoms with Crippen LogP contribution in [-0.4, -0.2) is 56.4 Å². The number of halogens is 1. The van der Waals surface area contributed by atoms with Crippen LogP contribution in [0.25, 0.3) is 0 Å². The predicted molar refractivity (Wildman–Crippen MR) is 252 cm³/mol. The van der Waals surface area contributed by atoms with Crippen molar-refractivity contribution in [3.63, 3.8) is 0 Å². The molecule has 1 fully saturated rings. The van der Waals surface area contributed by atoms with E-state index in [9.17, 15) is 14.4 Å². The van der Waals surface area contributed by atoms with Crippen molar-refractivity contribution in [1.82, 2.24) is 15.2 Å². The molecule has 9 rings (SSSR count). The number of ether oxygens (including phenoxy) is 1. The minimum absolute atomic E-state index is 0.0141. The summed E-state index contributed by atoms with van der Waals surface area (Å²) in [6.07, 6.45) is -0.738. The van der Waals surface area contributed by atoms with Crippen molar-refractivity contribution in [3.05, 3.63) is 232 Å². The normalized spacial score (nSPS) is 16.1. The lowest BCUT2D eigenvalue weighted by atomic mass is 9.77. The number of thiazole rings is 1. The summed E-state index contributed by atoms with van der Waals surface area (Å²) in [7, 11) is 0. The van der Waals surface area contributed by atoms with E-state index in [4.69, 9.17) is 26.2 Å². The van der Waals surface area contributed by atoms with Crippen molar-refractivity contribution in [2.45, 2.75) is 23.1 Å². The van der Waals surface area contributed by atoms with Gasteiger partial charge in [-0.1, -0.05) is 175 Å². The first-order valence-electron chi connectivity index (χ1n) is 20.5. The Kier molecular flexibility index (Phi) is 12.7. The number of nitrogens with zero attached hydrogens (tertiary/aromatic N) is 3. The average molecular weight is 902 g/mol. The summed E-state index contributed by atoms with van der Waals surface area (Å²) in [5.41, 5.74) is 4.33. The number of oxime groups is 1. The Hall–Kier alpha value is -6.99. The molecule has 0 radical (unpaired) electrons. The highest BCUT2D eigenvalue weighted by Gasteiger charge is 2.55. The number of carbonyl (C=O) groups is 3. The lowest BCUT2D eigenvalue weighted by Gasteiger charge is -2.49. The van der Waals surface area contributed by atoms with Gasteiger partial charge in [0.1, 0.15) is 28.3 Å². The number of β-lactam (4-membered cyclic amide) rings is 1. The lowest BCUT2D eigenvalue weighted by molar-refractivity contribution is -0.154. The number of fused-ring (bicyclic) bond motifs is 1. The van der Waals surface area contributed by atoms with Crippen LogP contribution in [-0.2, 0) is 24.7 Å². The average Bonchev–Trinajstić information content (AvgIpc) is 3.83. The molecule has 1 aromatic heterocycles. The predicted octanol–water partition coefficient (Wildman–Crippen LogP) is 9.56. The van der Waals surface area contributed by atoms with E-state index in [0.29, 0.717) is 22.2 Å². The maximum absolute atomic E-state index is 14.5. The second-order valence-corrected chi connectivity index (χ2v) is 17.1. The first kappa shape index (κ1) is 42.3. The molecule has 0 bridgehead atoms. The molecule has 10 nitrogen and oxygen atoms in total. The van der Waals surface area contributed by atoms with Crippen molar-refractivity contribution < 1.29 is 24.0 Å². The number of benzene rings is 6. The zero-order chi connectivity index (χ0) is 43.9. The Morgan fingerprint density at radius 3 is 1.77 bits per heavy atom. The third-order valence-corrected chi connectivity index (χ3v) is 13.4. The SMILES string of the molecule is O=C(OC(c1ccccc1)c1ccccc1)C1=C(CCl)CS[C@@H]2[C@H](NC(=O)/C(=N\Oc3ccccc3)c3csc(NC(c4ccccc4)(c4ccccc4)c4ccccc4)n3)C(=O)N12. The van der Waals surface area contributed by atoms with Gasteiger partial charge in [-0.05, 0) is 45.5 Å².